The maximum absolute atomic E-state index is 3.58. The van der Waals surface area contributed by atoms with Crippen LogP contribution in [0.3, 0.4) is 0 Å². The van der Waals surface area contributed by atoms with Crippen molar-refractivity contribution < 1.29 is 0 Å². The van der Waals surface area contributed by atoms with Crippen LogP contribution in [0.1, 0.15) is 12.8 Å². The van der Waals surface area contributed by atoms with Crippen LogP contribution >= 0.6 is 38.5 Å². The Morgan fingerprint density at radius 1 is 1.29 bits per heavy atom. The summed E-state index contributed by atoms with van der Waals surface area (Å²) in [6, 6.07) is 6.64. The van der Waals surface area contributed by atoms with E-state index in [1.807, 2.05) is 0 Å². The zero-order valence-electron chi connectivity index (χ0n) is 7.76. The molecule has 1 aliphatic heterocycles. The Labute approximate surface area is 106 Å². The molecule has 1 spiro atoms. The second-order valence-corrected chi connectivity index (χ2v) is 6.47. The van der Waals surface area contributed by atoms with Gasteiger partial charge in [0.25, 0.3) is 0 Å². The van der Waals surface area contributed by atoms with Crippen LogP contribution in [0.25, 0.3) is 0 Å². The molecule has 3 heteroatoms. The van der Waals surface area contributed by atoms with Gasteiger partial charge in [0.2, 0.25) is 0 Å². The van der Waals surface area contributed by atoms with E-state index in [1.54, 1.807) is 0 Å². The van der Waals surface area contributed by atoms with E-state index in [-0.39, 0.29) is 0 Å². The highest BCUT2D eigenvalue weighted by atomic mass is 127. The van der Waals surface area contributed by atoms with Gasteiger partial charge in [-0.3, -0.25) is 0 Å². The van der Waals surface area contributed by atoms with Crippen LogP contribution < -0.4 is 4.90 Å². The SMILES string of the molecule is Brc1cc(N2CC3(CC3)C2)ccc1I. The maximum Gasteiger partial charge on any atom is 0.0378 e. The summed E-state index contributed by atoms with van der Waals surface area (Å²) in [7, 11) is 0. The second kappa shape index (κ2) is 3.11. The largest absolute Gasteiger partial charge is 0.370 e. The van der Waals surface area contributed by atoms with E-state index in [1.165, 1.54) is 39.7 Å². The van der Waals surface area contributed by atoms with Crippen molar-refractivity contribution in [1.29, 1.82) is 0 Å². The molecule has 1 heterocycles. The van der Waals surface area contributed by atoms with Crippen molar-refractivity contribution in [1.82, 2.24) is 0 Å². The summed E-state index contributed by atoms with van der Waals surface area (Å²) in [6.07, 6.45) is 2.91. The van der Waals surface area contributed by atoms with Crippen molar-refractivity contribution in [2.24, 2.45) is 5.41 Å². The predicted molar refractivity (Wildman–Crippen MR) is 70.7 cm³/mol. The third-order valence-corrected chi connectivity index (χ3v) is 5.62. The van der Waals surface area contributed by atoms with Gasteiger partial charge in [-0.2, -0.15) is 0 Å². The molecular formula is C11H11BrIN. The lowest BCUT2D eigenvalue weighted by molar-refractivity contribution is 0.387. The first-order valence-corrected chi connectivity index (χ1v) is 6.76. The van der Waals surface area contributed by atoms with Gasteiger partial charge in [-0.25, -0.2) is 0 Å². The van der Waals surface area contributed by atoms with Gasteiger partial charge >= 0.3 is 0 Å². The van der Waals surface area contributed by atoms with E-state index in [2.05, 4.69) is 61.6 Å². The smallest absolute Gasteiger partial charge is 0.0378 e. The lowest BCUT2D eigenvalue weighted by Gasteiger charge is -2.42. The summed E-state index contributed by atoms with van der Waals surface area (Å²) >= 11 is 5.93. The fourth-order valence-corrected chi connectivity index (χ4v) is 2.82. The minimum Gasteiger partial charge on any atom is -0.370 e. The maximum atomic E-state index is 3.58. The van der Waals surface area contributed by atoms with Crippen molar-refractivity contribution in [2.45, 2.75) is 12.8 Å². The first-order valence-electron chi connectivity index (χ1n) is 4.89. The Bertz CT molecular complexity index is 379. The normalized spacial score (nSPS) is 22.3. The molecule has 3 rings (SSSR count). The van der Waals surface area contributed by atoms with Crippen molar-refractivity contribution in [3.8, 4) is 0 Å². The standard InChI is InChI=1S/C11H11BrIN/c12-9-5-8(1-2-10(9)13)14-6-11(7-14)3-4-11/h1-2,5H,3-4,6-7H2. The van der Waals surface area contributed by atoms with Gasteiger partial charge in [0, 0.05) is 32.2 Å². The van der Waals surface area contributed by atoms with E-state index < -0.39 is 0 Å². The number of halogens is 2. The van der Waals surface area contributed by atoms with E-state index >= 15 is 0 Å². The number of nitrogens with zero attached hydrogens (tertiary/aromatic N) is 1. The molecule has 1 aliphatic carbocycles. The zero-order valence-corrected chi connectivity index (χ0v) is 11.5. The Kier molecular flexibility index (Phi) is 2.10. The Balaban J connectivity index is 1.80. The van der Waals surface area contributed by atoms with Gasteiger partial charge in [0.1, 0.15) is 0 Å². The molecule has 1 nitrogen and oxygen atoms in total. The molecule has 0 aromatic heterocycles. The molecule has 2 fully saturated rings. The molecule has 74 valence electrons. The molecule has 1 saturated carbocycles. The van der Waals surface area contributed by atoms with Gasteiger partial charge in [0.15, 0.2) is 0 Å². The second-order valence-electron chi connectivity index (χ2n) is 4.45. The summed E-state index contributed by atoms with van der Waals surface area (Å²) in [4.78, 5) is 2.48. The predicted octanol–water partition coefficient (Wildman–Crippen LogP) is 3.65. The molecule has 0 N–H and O–H groups in total. The van der Waals surface area contributed by atoms with Crippen LogP contribution in [0.15, 0.2) is 22.7 Å². The first kappa shape index (κ1) is 9.46. The minimum atomic E-state index is 0.746. The lowest BCUT2D eigenvalue weighted by atomic mass is 9.96. The Morgan fingerprint density at radius 3 is 2.57 bits per heavy atom. The van der Waals surface area contributed by atoms with Crippen LogP contribution in [-0.4, -0.2) is 13.1 Å². The molecular weight excluding hydrogens is 353 g/mol. The average molecular weight is 364 g/mol. The molecule has 1 aromatic rings. The van der Waals surface area contributed by atoms with Crippen LogP contribution in [0.2, 0.25) is 0 Å². The Morgan fingerprint density at radius 2 is 2.00 bits per heavy atom. The lowest BCUT2D eigenvalue weighted by Crippen LogP contribution is -2.48. The quantitative estimate of drug-likeness (QED) is 0.688. The van der Waals surface area contributed by atoms with Crippen LogP contribution in [0.5, 0.6) is 0 Å². The third-order valence-electron chi connectivity index (χ3n) is 3.28. The minimum absolute atomic E-state index is 0.746. The van der Waals surface area contributed by atoms with E-state index in [4.69, 9.17) is 0 Å². The molecule has 14 heavy (non-hydrogen) atoms. The van der Waals surface area contributed by atoms with Crippen LogP contribution in [0, 0.1) is 8.99 Å². The van der Waals surface area contributed by atoms with Gasteiger partial charge < -0.3 is 4.90 Å². The van der Waals surface area contributed by atoms with Crippen molar-refractivity contribution in [3.63, 3.8) is 0 Å². The monoisotopic (exact) mass is 363 g/mol. The molecule has 0 atom stereocenters. The summed E-state index contributed by atoms with van der Waals surface area (Å²) in [6.45, 7) is 2.56. The molecule has 1 aromatic carbocycles. The molecule has 0 unspecified atom stereocenters. The average Bonchev–Trinajstić information content (AvgIpc) is 2.87. The van der Waals surface area contributed by atoms with Crippen LogP contribution in [-0.2, 0) is 0 Å². The van der Waals surface area contributed by atoms with Crippen LogP contribution in [0.4, 0.5) is 5.69 Å². The topological polar surface area (TPSA) is 3.24 Å². The molecule has 2 aliphatic rings. The van der Waals surface area contributed by atoms with Gasteiger partial charge in [0.05, 0.1) is 0 Å². The first-order chi connectivity index (χ1) is 6.69. The molecule has 1 saturated heterocycles. The van der Waals surface area contributed by atoms with E-state index in [9.17, 15) is 0 Å². The number of rotatable bonds is 1. The van der Waals surface area contributed by atoms with E-state index in [0.29, 0.717) is 0 Å². The summed E-state index contributed by atoms with van der Waals surface area (Å²) < 4.78 is 2.50. The highest BCUT2D eigenvalue weighted by molar-refractivity contribution is 14.1. The highest BCUT2D eigenvalue weighted by Crippen LogP contribution is 2.54. The van der Waals surface area contributed by atoms with Crippen molar-refractivity contribution >= 4 is 44.2 Å². The molecule has 0 bridgehead atoms. The summed E-state index contributed by atoms with van der Waals surface area (Å²) in [5, 5.41) is 0. The van der Waals surface area contributed by atoms with Gasteiger partial charge in [-0.05, 0) is 69.6 Å². The number of hydrogen-bond donors (Lipinski definition) is 0. The Hall–Kier alpha value is 0.230. The summed E-state index contributed by atoms with van der Waals surface area (Å²) in [5.41, 5.74) is 2.12. The number of benzene rings is 1. The summed E-state index contributed by atoms with van der Waals surface area (Å²) in [5.74, 6) is 0. The third kappa shape index (κ3) is 1.48. The molecule has 0 radical (unpaired) electrons. The number of hydrogen-bond acceptors (Lipinski definition) is 1. The van der Waals surface area contributed by atoms with Crippen molar-refractivity contribution in [3.05, 3.63) is 26.2 Å². The van der Waals surface area contributed by atoms with Crippen molar-refractivity contribution in [2.75, 3.05) is 18.0 Å². The van der Waals surface area contributed by atoms with Gasteiger partial charge in [-0.1, -0.05) is 0 Å². The highest BCUT2D eigenvalue weighted by Gasteiger charge is 2.52. The van der Waals surface area contributed by atoms with E-state index in [0.717, 1.165) is 5.41 Å². The fourth-order valence-electron chi connectivity index (χ4n) is 2.12. The van der Waals surface area contributed by atoms with Gasteiger partial charge in [-0.15, -0.1) is 0 Å². The number of anilines is 1. The zero-order chi connectivity index (χ0) is 9.76. The molecule has 0 amide bonds. The fraction of sp³-hybridized carbons (Fsp3) is 0.455.